The first-order chi connectivity index (χ1) is 14.9. The molecular formula is C23H30N4O3S. The highest BCUT2D eigenvalue weighted by Crippen LogP contribution is 2.24. The van der Waals surface area contributed by atoms with Gasteiger partial charge in [-0.3, -0.25) is 19.0 Å². The zero-order chi connectivity index (χ0) is 22.0. The Hall–Kier alpha value is -2.48. The summed E-state index contributed by atoms with van der Waals surface area (Å²) in [5.74, 6) is 0.552. The highest BCUT2D eigenvalue weighted by atomic mass is 32.1. The summed E-state index contributed by atoms with van der Waals surface area (Å²) < 4.78 is 1.88. The molecule has 1 aromatic carbocycles. The summed E-state index contributed by atoms with van der Waals surface area (Å²) >= 11 is 5.42. The van der Waals surface area contributed by atoms with Gasteiger partial charge in [-0.05, 0) is 62.0 Å². The third kappa shape index (κ3) is 4.74. The van der Waals surface area contributed by atoms with Gasteiger partial charge in [-0.1, -0.05) is 19.8 Å². The largest absolute Gasteiger partial charge is 0.349 e. The molecule has 2 fully saturated rings. The summed E-state index contributed by atoms with van der Waals surface area (Å²) in [6.45, 7) is 4.07. The zero-order valence-corrected chi connectivity index (χ0v) is 18.8. The lowest BCUT2D eigenvalue weighted by Gasteiger charge is -2.29. The van der Waals surface area contributed by atoms with Gasteiger partial charge in [-0.2, -0.15) is 0 Å². The van der Waals surface area contributed by atoms with E-state index in [9.17, 15) is 14.4 Å². The van der Waals surface area contributed by atoms with E-state index in [1.807, 2.05) is 4.90 Å². The maximum absolute atomic E-state index is 13.0. The van der Waals surface area contributed by atoms with E-state index in [1.165, 1.54) is 6.42 Å². The summed E-state index contributed by atoms with van der Waals surface area (Å²) in [6, 6.07) is 5.31. The molecule has 31 heavy (non-hydrogen) atoms. The summed E-state index contributed by atoms with van der Waals surface area (Å²) in [7, 11) is 0. The minimum absolute atomic E-state index is 0.112. The Bertz CT molecular complexity index is 1110. The van der Waals surface area contributed by atoms with E-state index < -0.39 is 0 Å². The Balaban J connectivity index is 1.49. The van der Waals surface area contributed by atoms with E-state index in [2.05, 4.69) is 17.2 Å². The highest BCUT2D eigenvalue weighted by molar-refractivity contribution is 7.71. The van der Waals surface area contributed by atoms with E-state index in [4.69, 9.17) is 12.2 Å². The summed E-state index contributed by atoms with van der Waals surface area (Å²) in [4.78, 5) is 42.5. The number of nitrogens with zero attached hydrogens (tertiary/aromatic N) is 2. The van der Waals surface area contributed by atoms with Crippen molar-refractivity contribution in [1.82, 2.24) is 19.8 Å². The van der Waals surface area contributed by atoms with Gasteiger partial charge in [0, 0.05) is 37.7 Å². The number of hydrogen-bond acceptors (Lipinski definition) is 4. The van der Waals surface area contributed by atoms with Crippen LogP contribution in [0.25, 0.3) is 10.9 Å². The zero-order valence-electron chi connectivity index (χ0n) is 18.0. The predicted molar refractivity (Wildman–Crippen MR) is 123 cm³/mol. The summed E-state index contributed by atoms with van der Waals surface area (Å²) in [6.07, 6.45) is 6.72. The van der Waals surface area contributed by atoms with Crippen molar-refractivity contribution in [2.45, 2.75) is 64.5 Å². The Labute approximate surface area is 186 Å². The summed E-state index contributed by atoms with van der Waals surface area (Å²) in [5.41, 5.74) is 0.935. The average Bonchev–Trinajstić information content (AvgIpc) is 3.16. The van der Waals surface area contributed by atoms with Crippen molar-refractivity contribution < 1.29 is 9.59 Å². The van der Waals surface area contributed by atoms with Crippen LogP contribution >= 0.6 is 12.2 Å². The van der Waals surface area contributed by atoms with E-state index in [0.717, 1.165) is 32.2 Å². The van der Waals surface area contributed by atoms with Crippen LogP contribution < -0.4 is 10.9 Å². The molecule has 2 amide bonds. The summed E-state index contributed by atoms with van der Waals surface area (Å²) in [5, 5.41) is 3.66. The van der Waals surface area contributed by atoms with Crippen molar-refractivity contribution in [3.63, 3.8) is 0 Å². The average molecular weight is 443 g/mol. The molecule has 4 rings (SSSR count). The maximum atomic E-state index is 13.0. The molecule has 0 radical (unpaired) electrons. The van der Waals surface area contributed by atoms with Gasteiger partial charge in [-0.25, -0.2) is 0 Å². The monoisotopic (exact) mass is 442 g/mol. The Morgan fingerprint density at radius 3 is 2.74 bits per heavy atom. The lowest BCUT2D eigenvalue weighted by molar-refractivity contribution is -0.127. The van der Waals surface area contributed by atoms with Crippen molar-refractivity contribution in [2.75, 3.05) is 13.1 Å². The first-order valence-corrected chi connectivity index (χ1v) is 11.7. The maximum Gasteiger partial charge on any atom is 0.262 e. The molecule has 0 bridgehead atoms. The molecule has 1 aliphatic heterocycles. The van der Waals surface area contributed by atoms with Crippen LogP contribution in [-0.4, -0.2) is 45.4 Å². The van der Waals surface area contributed by atoms with Crippen molar-refractivity contribution in [3.05, 3.63) is 38.9 Å². The molecule has 1 saturated heterocycles. The minimum atomic E-state index is -0.167. The van der Waals surface area contributed by atoms with Gasteiger partial charge in [-0.15, -0.1) is 0 Å². The number of aromatic nitrogens is 2. The number of nitrogens with one attached hydrogen (secondary N) is 2. The molecule has 2 aromatic rings. The van der Waals surface area contributed by atoms with Crippen LogP contribution in [-0.2, 0) is 11.3 Å². The second-order valence-corrected chi connectivity index (χ2v) is 9.21. The van der Waals surface area contributed by atoms with Crippen LogP contribution in [0.2, 0.25) is 0 Å². The van der Waals surface area contributed by atoms with E-state index >= 15 is 0 Å². The number of carbonyl (C=O) groups is 2. The van der Waals surface area contributed by atoms with Crippen LogP contribution in [0.5, 0.6) is 0 Å². The van der Waals surface area contributed by atoms with Crippen molar-refractivity contribution in [3.8, 4) is 0 Å². The van der Waals surface area contributed by atoms with Crippen LogP contribution in [0, 0.1) is 10.7 Å². The second-order valence-electron chi connectivity index (χ2n) is 8.83. The normalized spacial score (nSPS) is 21.6. The molecular weight excluding hydrogens is 412 g/mol. The number of likely N-dealkylation sites (tertiary alicyclic amines) is 1. The molecule has 0 spiro atoms. The Morgan fingerprint density at radius 1 is 1.19 bits per heavy atom. The van der Waals surface area contributed by atoms with Gasteiger partial charge in [0.25, 0.3) is 11.5 Å². The number of amides is 2. The smallest absolute Gasteiger partial charge is 0.262 e. The molecule has 2 N–H and O–H groups in total. The topological polar surface area (TPSA) is 87.2 Å². The molecule has 8 heteroatoms. The number of H-pyrrole nitrogens is 1. The molecule has 2 aliphatic rings. The number of carbonyl (C=O) groups excluding carboxylic acids is 2. The fourth-order valence-electron chi connectivity index (χ4n) is 4.74. The fraction of sp³-hybridized carbons (Fsp3) is 0.565. The number of fused-ring (bicyclic) bond motifs is 1. The second kappa shape index (κ2) is 9.34. The SMILES string of the molecule is C[C@H]1CCCC[C@@H]1NC(=O)c1ccc2c(=O)n(CCCN3CCCC3=O)c(=S)[nH]c2c1. The molecule has 166 valence electrons. The third-order valence-corrected chi connectivity index (χ3v) is 6.98. The van der Waals surface area contributed by atoms with E-state index in [1.54, 1.807) is 22.8 Å². The van der Waals surface area contributed by atoms with Gasteiger partial charge >= 0.3 is 0 Å². The number of hydrogen-bond donors (Lipinski definition) is 2. The minimum Gasteiger partial charge on any atom is -0.349 e. The van der Waals surface area contributed by atoms with Crippen LogP contribution in [0.1, 0.15) is 62.2 Å². The molecule has 2 atom stereocenters. The van der Waals surface area contributed by atoms with Crippen molar-refractivity contribution >= 4 is 34.9 Å². The van der Waals surface area contributed by atoms with E-state index in [0.29, 0.717) is 53.1 Å². The number of benzene rings is 1. The molecule has 1 aliphatic carbocycles. The van der Waals surface area contributed by atoms with Gasteiger partial charge in [0.15, 0.2) is 4.77 Å². The standard InChI is InChI=1S/C23H30N4O3S/c1-15-6-2-3-7-18(15)24-21(29)16-9-10-17-19(14-16)25-23(31)27(22(17)30)13-5-12-26-11-4-8-20(26)28/h9-10,14-15,18H,2-8,11-13H2,1H3,(H,24,29)(H,25,31)/t15-,18-/m0/s1. The first-order valence-electron chi connectivity index (χ1n) is 11.3. The van der Waals surface area contributed by atoms with Crippen LogP contribution in [0.15, 0.2) is 23.0 Å². The third-order valence-electron chi connectivity index (χ3n) is 6.65. The van der Waals surface area contributed by atoms with Crippen LogP contribution in [0.4, 0.5) is 0 Å². The fourth-order valence-corrected chi connectivity index (χ4v) is 5.03. The Morgan fingerprint density at radius 2 is 2.00 bits per heavy atom. The van der Waals surface area contributed by atoms with Gasteiger partial charge < -0.3 is 15.2 Å². The highest BCUT2D eigenvalue weighted by Gasteiger charge is 2.23. The molecule has 1 saturated carbocycles. The van der Waals surface area contributed by atoms with E-state index in [-0.39, 0.29) is 23.4 Å². The van der Waals surface area contributed by atoms with Gasteiger partial charge in [0.2, 0.25) is 5.91 Å². The molecule has 0 unspecified atom stereocenters. The molecule has 2 heterocycles. The van der Waals surface area contributed by atoms with Crippen molar-refractivity contribution in [1.29, 1.82) is 0 Å². The number of rotatable bonds is 6. The number of aromatic amines is 1. The molecule has 7 nitrogen and oxygen atoms in total. The quantitative estimate of drug-likeness (QED) is 0.672. The Kier molecular flexibility index (Phi) is 6.55. The molecule has 1 aromatic heterocycles. The van der Waals surface area contributed by atoms with Crippen molar-refractivity contribution in [2.24, 2.45) is 5.92 Å². The lowest BCUT2D eigenvalue weighted by atomic mass is 9.86. The van der Waals surface area contributed by atoms with Gasteiger partial charge in [0.05, 0.1) is 10.9 Å². The predicted octanol–water partition coefficient (Wildman–Crippen LogP) is 3.38. The van der Waals surface area contributed by atoms with Gasteiger partial charge in [0.1, 0.15) is 0 Å². The first kappa shape index (κ1) is 21.7. The lowest BCUT2D eigenvalue weighted by Crippen LogP contribution is -2.41. The van der Waals surface area contributed by atoms with Crippen LogP contribution in [0.3, 0.4) is 0 Å².